The average Bonchev–Trinajstić information content (AvgIpc) is 3.32. The molecule has 4 amide bonds. The largest absolute Gasteiger partial charge is 0.335 e. The lowest BCUT2D eigenvalue weighted by molar-refractivity contribution is 0.0671. The number of aryl methyl sites for hydroxylation is 1. The van der Waals surface area contributed by atoms with Crippen molar-refractivity contribution in [3.63, 3.8) is 0 Å². The minimum Gasteiger partial charge on any atom is -0.335 e. The van der Waals surface area contributed by atoms with Crippen LogP contribution in [0.2, 0.25) is 0 Å². The molecule has 1 aromatic heterocycles. The number of hydrogen-bond donors (Lipinski definition) is 2. The van der Waals surface area contributed by atoms with E-state index in [0.717, 1.165) is 21.5 Å². The van der Waals surface area contributed by atoms with Crippen molar-refractivity contribution in [3.05, 3.63) is 89.5 Å². The van der Waals surface area contributed by atoms with E-state index in [1.54, 1.807) is 34.1 Å². The van der Waals surface area contributed by atoms with E-state index in [-0.39, 0.29) is 17.8 Å². The summed E-state index contributed by atoms with van der Waals surface area (Å²) in [5.74, 6) is -0.395. The highest BCUT2D eigenvalue weighted by atomic mass is 32.1. The van der Waals surface area contributed by atoms with Crippen LogP contribution in [0.1, 0.15) is 26.3 Å². The number of fused-ring (bicyclic) bond motifs is 1. The first kappa shape index (κ1) is 23.5. The van der Waals surface area contributed by atoms with Crippen molar-refractivity contribution in [1.82, 2.24) is 14.8 Å². The molecule has 2 heterocycles. The van der Waals surface area contributed by atoms with Gasteiger partial charge in [-0.25, -0.2) is 9.78 Å². The molecule has 0 aliphatic carbocycles. The molecular weight excluding hydrogens is 474 g/mol. The zero-order valence-electron chi connectivity index (χ0n) is 19.7. The molecule has 5 rings (SSSR count). The first-order chi connectivity index (χ1) is 17.5. The van der Waals surface area contributed by atoms with Gasteiger partial charge >= 0.3 is 6.03 Å². The summed E-state index contributed by atoms with van der Waals surface area (Å²) in [5.41, 5.74) is 3.66. The number of piperazine rings is 1. The lowest BCUT2D eigenvalue weighted by Gasteiger charge is -2.34. The van der Waals surface area contributed by atoms with Gasteiger partial charge in [-0.3, -0.25) is 14.9 Å². The summed E-state index contributed by atoms with van der Waals surface area (Å²) < 4.78 is 1.00. The highest BCUT2D eigenvalue weighted by Crippen LogP contribution is 2.25. The van der Waals surface area contributed by atoms with Crippen molar-refractivity contribution in [2.24, 2.45) is 0 Å². The number of nitrogens with zero attached hydrogens (tertiary/aromatic N) is 3. The Labute approximate surface area is 212 Å². The summed E-state index contributed by atoms with van der Waals surface area (Å²) >= 11 is 1.41. The van der Waals surface area contributed by atoms with Crippen molar-refractivity contribution >= 4 is 50.2 Å². The Bertz CT molecular complexity index is 1370. The molecule has 4 aromatic rings. The normalized spacial score (nSPS) is 13.5. The van der Waals surface area contributed by atoms with Gasteiger partial charge in [0.05, 0.1) is 10.2 Å². The van der Waals surface area contributed by atoms with Crippen LogP contribution in [0.25, 0.3) is 10.2 Å². The highest BCUT2D eigenvalue weighted by molar-refractivity contribution is 7.22. The van der Waals surface area contributed by atoms with Crippen LogP contribution in [-0.2, 0) is 0 Å². The Morgan fingerprint density at radius 3 is 2.11 bits per heavy atom. The first-order valence-electron chi connectivity index (χ1n) is 11.7. The van der Waals surface area contributed by atoms with Crippen LogP contribution >= 0.6 is 11.3 Å². The zero-order valence-corrected chi connectivity index (χ0v) is 20.5. The van der Waals surface area contributed by atoms with Crippen LogP contribution in [-0.4, -0.2) is 58.8 Å². The molecule has 3 aromatic carbocycles. The van der Waals surface area contributed by atoms with Crippen molar-refractivity contribution < 1.29 is 14.4 Å². The molecule has 0 spiro atoms. The van der Waals surface area contributed by atoms with Crippen LogP contribution in [0.15, 0.2) is 72.8 Å². The van der Waals surface area contributed by atoms with Crippen LogP contribution < -0.4 is 10.6 Å². The molecular formula is C27H25N5O3S. The third kappa shape index (κ3) is 5.21. The summed E-state index contributed by atoms with van der Waals surface area (Å²) in [4.78, 5) is 46.0. The van der Waals surface area contributed by atoms with E-state index in [1.807, 2.05) is 55.5 Å². The Morgan fingerprint density at radius 1 is 0.778 bits per heavy atom. The van der Waals surface area contributed by atoms with E-state index in [4.69, 9.17) is 0 Å². The predicted octanol–water partition coefficient (Wildman–Crippen LogP) is 4.85. The second-order valence-corrected chi connectivity index (χ2v) is 9.62. The number of amides is 4. The number of carbonyl (C=O) groups is 3. The number of rotatable bonds is 4. The molecule has 0 unspecified atom stereocenters. The number of benzene rings is 3. The number of carbonyl (C=O) groups excluding carboxylic acids is 3. The molecule has 0 bridgehead atoms. The van der Waals surface area contributed by atoms with Gasteiger partial charge in [0, 0.05) is 43.0 Å². The fourth-order valence-corrected chi connectivity index (χ4v) is 4.85. The van der Waals surface area contributed by atoms with Crippen molar-refractivity contribution in [2.75, 3.05) is 36.8 Å². The Hall–Kier alpha value is -4.24. The Balaban J connectivity index is 1.14. The quantitative estimate of drug-likeness (QED) is 0.420. The lowest BCUT2D eigenvalue weighted by Crippen LogP contribution is -2.51. The van der Waals surface area contributed by atoms with Crippen molar-refractivity contribution in [1.29, 1.82) is 0 Å². The van der Waals surface area contributed by atoms with E-state index < -0.39 is 0 Å². The summed E-state index contributed by atoms with van der Waals surface area (Å²) in [5, 5.41) is 6.26. The molecule has 1 aliphatic heterocycles. The van der Waals surface area contributed by atoms with E-state index in [1.165, 1.54) is 11.3 Å². The maximum atomic E-state index is 13.0. The van der Waals surface area contributed by atoms with Gasteiger partial charge < -0.3 is 15.1 Å². The van der Waals surface area contributed by atoms with Crippen LogP contribution in [0.3, 0.4) is 0 Å². The summed E-state index contributed by atoms with van der Waals surface area (Å²) in [6.07, 6.45) is 0. The van der Waals surface area contributed by atoms with Crippen LogP contribution in [0, 0.1) is 6.92 Å². The third-order valence-corrected chi connectivity index (χ3v) is 7.02. The van der Waals surface area contributed by atoms with Gasteiger partial charge in [0.2, 0.25) is 0 Å². The number of hydrogen-bond acceptors (Lipinski definition) is 5. The molecule has 1 aliphatic rings. The molecule has 0 atom stereocenters. The van der Waals surface area contributed by atoms with Gasteiger partial charge in [-0.05, 0) is 55.5 Å². The first-order valence-corrected chi connectivity index (χ1v) is 12.5. The molecule has 36 heavy (non-hydrogen) atoms. The fraction of sp³-hybridized carbons (Fsp3) is 0.185. The number of aromatic nitrogens is 1. The van der Waals surface area contributed by atoms with E-state index in [9.17, 15) is 14.4 Å². The van der Waals surface area contributed by atoms with Crippen molar-refractivity contribution in [3.8, 4) is 0 Å². The average molecular weight is 500 g/mol. The fourth-order valence-electron chi connectivity index (χ4n) is 3.99. The molecule has 1 fully saturated rings. The maximum Gasteiger partial charge on any atom is 0.321 e. The minimum absolute atomic E-state index is 0.119. The standard InChI is InChI=1S/C27H25N5O3S/c1-18-6-12-21(13-7-18)28-27(35)32-16-14-31(15-17-32)25(34)20-10-8-19(9-11-20)24(33)30-26-29-22-4-2-3-5-23(22)36-26/h2-13H,14-17H2,1H3,(H,28,35)(H,29,30,33). The maximum absolute atomic E-state index is 13.0. The number of thiazole rings is 1. The number of urea groups is 1. The van der Waals surface area contributed by atoms with Crippen LogP contribution in [0.4, 0.5) is 15.6 Å². The van der Waals surface area contributed by atoms with E-state index >= 15 is 0 Å². The second kappa shape index (κ2) is 10.2. The minimum atomic E-state index is -0.277. The smallest absolute Gasteiger partial charge is 0.321 e. The SMILES string of the molecule is Cc1ccc(NC(=O)N2CCN(C(=O)c3ccc(C(=O)Nc4nc5ccccc5s4)cc3)CC2)cc1. The van der Waals surface area contributed by atoms with Crippen molar-refractivity contribution in [2.45, 2.75) is 6.92 Å². The summed E-state index contributed by atoms with van der Waals surface area (Å²) in [6, 6.07) is 21.8. The number of nitrogens with one attached hydrogen (secondary N) is 2. The Kier molecular flexibility index (Phi) is 6.64. The van der Waals surface area contributed by atoms with Gasteiger partial charge in [-0.15, -0.1) is 0 Å². The summed E-state index contributed by atoms with van der Waals surface area (Å²) in [6.45, 7) is 3.78. The molecule has 2 N–H and O–H groups in total. The monoisotopic (exact) mass is 499 g/mol. The molecule has 0 saturated carbocycles. The topological polar surface area (TPSA) is 94.6 Å². The van der Waals surface area contributed by atoms with Crippen LogP contribution in [0.5, 0.6) is 0 Å². The number of para-hydroxylation sites is 1. The third-order valence-electron chi connectivity index (χ3n) is 6.07. The molecule has 182 valence electrons. The van der Waals surface area contributed by atoms with Gasteiger partial charge in [0.15, 0.2) is 5.13 Å². The lowest BCUT2D eigenvalue weighted by atomic mass is 10.1. The zero-order chi connectivity index (χ0) is 25.1. The van der Waals surface area contributed by atoms with Gasteiger partial charge in [0.1, 0.15) is 0 Å². The van der Waals surface area contributed by atoms with E-state index in [0.29, 0.717) is 42.4 Å². The highest BCUT2D eigenvalue weighted by Gasteiger charge is 2.25. The Morgan fingerprint density at radius 2 is 1.42 bits per heavy atom. The molecule has 8 nitrogen and oxygen atoms in total. The molecule has 9 heteroatoms. The molecule has 1 saturated heterocycles. The van der Waals surface area contributed by atoms with Gasteiger partial charge in [-0.1, -0.05) is 41.2 Å². The second-order valence-electron chi connectivity index (χ2n) is 8.59. The predicted molar refractivity (Wildman–Crippen MR) is 142 cm³/mol. The van der Waals surface area contributed by atoms with Gasteiger partial charge in [0.25, 0.3) is 11.8 Å². The number of anilines is 2. The van der Waals surface area contributed by atoms with E-state index in [2.05, 4.69) is 15.6 Å². The summed E-state index contributed by atoms with van der Waals surface area (Å²) in [7, 11) is 0. The van der Waals surface area contributed by atoms with Gasteiger partial charge in [-0.2, -0.15) is 0 Å². The molecule has 0 radical (unpaired) electrons.